The van der Waals surface area contributed by atoms with E-state index in [1.807, 2.05) is 6.92 Å². The maximum atomic E-state index is 11.0. The van der Waals surface area contributed by atoms with Crippen molar-refractivity contribution in [1.82, 2.24) is 0 Å². The number of carbonyl (C=O) groups excluding carboxylic acids is 1. The van der Waals surface area contributed by atoms with E-state index in [9.17, 15) is 4.79 Å². The summed E-state index contributed by atoms with van der Waals surface area (Å²) in [5, 5.41) is 9.10. The predicted octanol–water partition coefficient (Wildman–Crippen LogP) is 1.40. The Kier molecular flexibility index (Phi) is 2.17. The van der Waals surface area contributed by atoms with E-state index in [0.717, 1.165) is 6.42 Å². The molecule has 0 radical (unpaired) electrons. The number of aliphatic hydroxyl groups is 1. The summed E-state index contributed by atoms with van der Waals surface area (Å²) in [6, 6.07) is 0. The average molecular weight is 156 g/mol. The van der Waals surface area contributed by atoms with E-state index >= 15 is 0 Å². The number of carbonyl (C=O) groups is 1. The lowest BCUT2D eigenvalue weighted by Gasteiger charge is -2.20. The Balaban J connectivity index is 2.88. The zero-order chi connectivity index (χ0) is 8.43. The van der Waals surface area contributed by atoms with E-state index < -0.39 is 0 Å². The molecule has 1 heterocycles. The van der Waals surface area contributed by atoms with Crippen molar-refractivity contribution in [3.8, 4) is 0 Å². The minimum absolute atomic E-state index is 0.0854. The van der Waals surface area contributed by atoms with Crippen LogP contribution >= 0.6 is 0 Å². The highest BCUT2D eigenvalue weighted by molar-refractivity contribution is 5.90. The molecule has 0 spiro atoms. The number of aliphatic hydroxyl groups excluding tert-OH is 1. The third-order valence-electron chi connectivity index (χ3n) is 1.89. The number of rotatable bonds is 0. The summed E-state index contributed by atoms with van der Waals surface area (Å²) in [7, 11) is 0. The van der Waals surface area contributed by atoms with Gasteiger partial charge >= 0.3 is 5.97 Å². The molecule has 1 unspecified atom stereocenters. The standard InChI is InChI=1S/C8H12O3/c1-5-3-4-11-8(10)7(5)6(2)9/h5,9H,3-4H2,1-2H3. The molecule has 11 heavy (non-hydrogen) atoms. The lowest BCUT2D eigenvalue weighted by atomic mass is 9.95. The molecular weight excluding hydrogens is 144 g/mol. The van der Waals surface area contributed by atoms with Gasteiger partial charge in [0, 0.05) is 0 Å². The van der Waals surface area contributed by atoms with Crippen LogP contribution in [0.15, 0.2) is 11.3 Å². The van der Waals surface area contributed by atoms with E-state index in [1.54, 1.807) is 0 Å². The van der Waals surface area contributed by atoms with E-state index in [2.05, 4.69) is 0 Å². The van der Waals surface area contributed by atoms with Crippen molar-refractivity contribution < 1.29 is 14.6 Å². The van der Waals surface area contributed by atoms with Crippen molar-refractivity contribution in [2.45, 2.75) is 20.3 Å². The lowest BCUT2D eigenvalue weighted by molar-refractivity contribution is -0.142. The molecule has 0 saturated carbocycles. The highest BCUT2D eigenvalue weighted by Gasteiger charge is 2.25. The van der Waals surface area contributed by atoms with Gasteiger partial charge < -0.3 is 9.84 Å². The number of hydrogen-bond donors (Lipinski definition) is 1. The third-order valence-corrected chi connectivity index (χ3v) is 1.89. The van der Waals surface area contributed by atoms with E-state index in [-0.39, 0.29) is 17.6 Å². The van der Waals surface area contributed by atoms with E-state index in [1.165, 1.54) is 6.92 Å². The summed E-state index contributed by atoms with van der Waals surface area (Å²) in [6.45, 7) is 3.89. The number of esters is 1. The molecule has 1 aliphatic rings. The molecule has 1 N–H and O–H groups in total. The van der Waals surface area contributed by atoms with Crippen LogP contribution in [0.25, 0.3) is 0 Å². The maximum absolute atomic E-state index is 11.0. The second kappa shape index (κ2) is 2.95. The van der Waals surface area contributed by atoms with Crippen LogP contribution in [0, 0.1) is 5.92 Å². The minimum Gasteiger partial charge on any atom is -0.512 e. The predicted molar refractivity (Wildman–Crippen MR) is 40.1 cm³/mol. The van der Waals surface area contributed by atoms with Crippen molar-refractivity contribution in [3.63, 3.8) is 0 Å². The van der Waals surface area contributed by atoms with Gasteiger partial charge in [-0.3, -0.25) is 0 Å². The van der Waals surface area contributed by atoms with Crippen LogP contribution in [0.1, 0.15) is 20.3 Å². The Morgan fingerprint density at radius 1 is 1.73 bits per heavy atom. The Hall–Kier alpha value is -0.990. The van der Waals surface area contributed by atoms with Crippen molar-refractivity contribution in [1.29, 1.82) is 0 Å². The largest absolute Gasteiger partial charge is 0.512 e. The van der Waals surface area contributed by atoms with Crippen LogP contribution in [0.5, 0.6) is 0 Å². The van der Waals surface area contributed by atoms with Crippen molar-refractivity contribution in [2.24, 2.45) is 5.92 Å². The Bertz CT molecular complexity index is 201. The van der Waals surface area contributed by atoms with E-state index in [0.29, 0.717) is 12.2 Å². The molecule has 1 saturated heterocycles. The fourth-order valence-corrected chi connectivity index (χ4v) is 1.26. The van der Waals surface area contributed by atoms with Gasteiger partial charge in [-0.1, -0.05) is 6.92 Å². The zero-order valence-electron chi connectivity index (χ0n) is 6.76. The number of allylic oxidation sites excluding steroid dienone is 1. The molecule has 0 amide bonds. The van der Waals surface area contributed by atoms with Gasteiger partial charge in [0.25, 0.3) is 0 Å². The highest BCUT2D eigenvalue weighted by Crippen LogP contribution is 2.23. The van der Waals surface area contributed by atoms with Crippen molar-refractivity contribution in [3.05, 3.63) is 11.3 Å². The van der Waals surface area contributed by atoms with Gasteiger partial charge in [0.05, 0.1) is 17.9 Å². The molecule has 0 aromatic carbocycles. The zero-order valence-corrected chi connectivity index (χ0v) is 6.76. The topological polar surface area (TPSA) is 46.5 Å². The van der Waals surface area contributed by atoms with Crippen LogP contribution < -0.4 is 0 Å². The van der Waals surface area contributed by atoms with Gasteiger partial charge in [0.2, 0.25) is 0 Å². The smallest absolute Gasteiger partial charge is 0.337 e. The summed E-state index contributed by atoms with van der Waals surface area (Å²) in [4.78, 5) is 11.0. The minimum atomic E-state index is -0.372. The van der Waals surface area contributed by atoms with Crippen molar-refractivity contribution in [2.75, 3.05) is 6.61 Å². The van der Waals surface area contributed by atoms with Gasteiger partial charge in [0.15, 0.2) is 0 Å². The summed E-state index contributed by atoms with van der Waals surface area (Å²) in [6.07, 6.45) is 0.805. The summed E-state index contributed by atoms with van der Waals surface area (Å²) in [5.74, 6) is -0.160. The maximum Gasteiger partial charge on any atom is 0.337 e. The summed E-state index contributed by atoms with van der Waals surface area (Å²) in [5.41, 5.74) is 0.427. The molecule has 1 fully saturated rings. The first-order valence-corrected chi connectivity index (χ1v) is 3.69. The molecule has 3 nitrogen and oxygen atoms in total. The fourth-order valence-electron chi connectivity index (χ4n) is 1.26. The first-order chi connectivity index (χ1) is 5.13. The quantitative estimate of drug-likeness (QED) is 0.327. The van der Waals surface area contributed by atoms with Crippen LogP contribution in [0.4, 0.5) is 0 Å². The first kappa shape index (κ1) is 8.11. The van der Waals surface area contributed by atoms with Gasteiger partial charge in [-0.05, 0) is 19.3 Å². The first-order valence-electron chi connectivity index (χ1n) is 3.69. The molecule has 62 valence electrons. The Labute approximate surface area is 65.7 Å². The highest BCUT2D eigenvalue weighted by atomic mass is 16.5. The Morgan fingerprint density at radius 3 is 2.73 bits per heavy atom. The van der Waals surface area contributed by atoms with Gasteiger partial charge in [-0.15, -0.1) is 0 Å². The second-order valence-electron chi connectivity index (χ2n) is 2.82. The third kappa shape index (κ3) is 1.53. The van der Waals surface area contributed by atoms with Gasteiger partial charge in [-0.2, -0.15) is 0 Å². The van der Waals surface area contributed by atoms with Gasteiger partial charge in [-0.25, -0.2) is 4.79 Å². The molecule has 0 aliphatic carbocycles. The molecule has 0 bridgehead atoms. The molecule has 1 atom stereocenters. The molecule has 3 heteroatoms. The molecule has 1 aliphatic heterocycles. The SMILES string of the molecule is CC(O)=C1C(=O)OCCC1C. The number of ether oxygens (including phenoxy) is 1. The summed E-state index contributed by atoms with van der Waals surface area (Å²) >= 11 is 0. The number of hydrogen-bond acceptors (Lipinski definition) is 3. The Morgan fingerprint density at radius 2 is 2.36 bits per heavy atom. The molecule has 0 aromatic rings. The van der Waals surface area contributed by atoms with Crippen LogP contribution in [-0.4, -0.2) is 17.7 Å². The van der Waals surface area contributed by atoms with Gasteiger partial charge in [0.1, 0.15) is 0 Å². The summed E-state index contributed by atoms with van der Waals surface area (Å²) < 4.78 is 4.77. The van der Waals surface area contributed by atoms with E-state index in [4.69, 9.17) is 9.84 Å². The van der Waals surface area contributed by atoms with Crippen LogP contribution in [0.3, 0.4) is 0 Å². The van der Waals surface area contributed by atoms with Crippen molar-refractivity contribution >= 4 is 5.97 Å². The monoisotopic (exact) mass is 156 g/mol. The number of cyclic esters (lactones) is 1. The second-order valence-corrected chi connectivity index (χ2v) is 2.82. The molecular formula is C8H12O3. The fraction of sp³-hybridized carbons (Fsp3) is 0.625. The average Bonchev–Trinajstić information content (AvgIpc) is 1.85. The molecule has 0 aromatic heterocycles. The normalized spacial score (nSPS) is 29.6. The molecule has 1 rings (SSSR count). The van der Waals surface area contributed by atoms with Crippen LogP contribution in [0.2, 0.25) is 0 Å². The lowest BCUT2D eigenvalue weighted by Crippen LogP contribution is -2.23. The van der Waals surface area contributed by atoms with Crippen LogP contribution in [-0.2, 0) is 9.53 Å².